The topological polar surface area (TPSA) is 72.2 Å². The van der Waals surface area contributed by atoms with Crippen molar-refractivity contribution in [3.63, 3.8) is 0 Å². The monoisotopic (exact) mass is 350 g/mol. The molecule has 0 spiro atoms. The number of aryl methyl sites for hydroxylation is 2. The SMILES string of the molecule is Cc1ccc2oc(=O)c3cc(C(=O)Nc4cccc(C)n4)sc3c2c1. The van der Waals surface area contributed by atoms with Crippen LogP contribution in [0.15, 0.2) is 51.7 Å². The Kier molecular flexibility index (Phi) is 3.62. The molecule has 0 atom stereocenters. The average Bonchev–Trinajstić information content (AvgIpc) is 3.02. The van der Waals surface area contributed by atoms with E-state index in [4.69, 9.17) is 4.42 Å². The van der Waals surface area contributed by atoms with Crippen molar-refractivity contribution in [3.05, 3.63) is 69.0 Å². The van der Waals surface area contributed by atoms with Gasteiger partial charge in [-0.1, -0.05) is 17.7 Å². The van der Waals surface area contributed by atoms with Crippen LogP contribution in [-0.4, -0.2) is 10.9 Å². The van der Waals surface area contributed by atoms with Gasteiger partial charge in [0.1, 0.15) is 11.4 Å². The van der Waals surface area contributed by atoms with Crippen LogP contribution in [0.4, 0.5) is 5.82 Å². The van der Waals surface area contributed by atoms with E-state index in [1.807, 2.05) is 38.1 Å². The molecule has 4 aromatic rings. The van der Waals surface area contributed by atoms with Crippen LogP contribution in [0.3, 0.4) is 0 Å². The molecule has 1 amide bonds. The predicted octanol–water partition coefficient (Wildman–Crippen LogP) is 4.27. The zero-order valence-corrected chi connectivity index (χ0v) is 14.4. The Hall–Kier alpha value is -2.99. The van der Waals surface area contributed by atoms with Crippen LogP contribution in [0.5, 0.6) is 0 Å². The number of nitrogens with one attached hydrogen (secondary N) is 1. The second kappa shape index (κ2) is 5.82. The highest BCUT2D eigenvalue weighted by molar-refractivity contribution is 7.21. The number of hydrogen-bond acceptors (Lipinski definition) is 5. The number of rotatable bonds is 2. The van der Waals surface area contributed by atoms with Crippen molar-refractivity contribution in [1.82, 2.24) is 4.98 Å². The van der Waals surface area contributed by atoms with Gasteiger partial charge in [-0.25, -0.2) is 9.78 Å². The van der Waals surface area contributed by atoms with E-state index < -0.39 is 5.63 Å². The van der Waals surface area contributed by atoms with E-state index in [0.717, 1.165) is 21.3 Å². The smallest absolute Gasteiger partial charge is 0.345 e. The first kappa shape index (κ1) is 15.5. The third-order valence-corrected chi connectivity index (χ3v) is 5.06. The first-order valence-electron chi connectivity index (χ1n) is 7.73. The fourth-order valence-corrected chi connectivity index (χ4v) is 3.77. The minimum atomic E-state index is -0.435. The number of thiophene rings is 1. The van der Waals surface area contributed by atoms with Crippen molar-refractivity contribution < 1.29 is 9.21 Å². The molecule has 124 valence electrons. The maximum absolute atomic E-state index is 12.5. The van der Waals surface area contributed by atoms with Gasteiger partial charge in [-0.15, -0.1) is 11.3 Å². The lowest BCUT2D eigenvalue weighted by molar-refractivity contribution is 0.103. The quantitative estimate of drug-likeness (QED) is 0.548. The van der Waals surface area contributed by atoms with Crippen LogP contribution in [0, 0.1) is 13.8 Å². The van der Waals surface area contributed by atoms with E-state index in [1.165, 1.54) is 11.3 Å². The number of aromatic nitrogens is 1. The van der Waals surface area contributed by atoms with Gasteiger partial charge in [-0.3, -0.25) is 4.79 Å². The fraction of sp³-hybridized carbons (Fsp3) is 0.105. The van der Waals surface area contributed by atoms with E-state index in [9.17, 15) is 9.59 Å². The summed E-state index contributed by atoms with van der Waals surface area (Å²) < 4.78 is 6.13. The number of amides is 1. The molecule has 0 aliphatic rings. The van der Waals surface area contributed by atoms with Crippen molar-refractivity contribution in [2.45, 2.75) is 13.8 Å². The largest absolute Gasteiger partial charge is 0.422 e. The summed E-state index contributed by atoms with van der Waals surface area (Å²) in [6.45, 7) is 3.83. The summed E-state index contributed by atoms with van der Waals surface area (Å²) in [6.07, 6.45) is 0. The van der Waals surface area contributed by atoms with Crippen molar-refractivity contribution in [3.8, 4) is 0 Å². The highest BCUT2D eigenvalue weighted by Crippen LogP contribution is 2.31. The molecule has 0 unspecified atom stereocenters. The average molecular weight is 350 g/mol. The maximum atomic E-state index is 12.5. The van der Waals surface area contributed by atoms with E-state index in [-0.39, 0.29) is 5.91 Å². The summed E-state index contributed by atoms with van der Waals surface area (Å²) in [5, 5.41) is 4.03. The predicted molar refractivity (Wildman–Crippen MR) is 99.5 cm³/mol. The summed E-state index contributed by atoms with van der Waals surface area (Å²) in [5.74, 6) is 0.190. The fourth-order valence-electron chi connectivity index (χ4n) is 2.71. The Labute approximate surface area is 146 Å². The van der Waals surface area contributed by atoms with Gasteiger partial charge in [-0.05, 0) is 44.2 Å². The number of pyridine rings is 1. The molecule has 4 rings (SSSR count). The van der Waals surface area contributed by atoms with E-state index in [1.54, 1.807) is 18.2 Å². The van der Waals surface area contributed by atoms with Crippen molar-refractivity contribution in [1.29, 1.82) is 0 Å². The molecule has 3 aromatic heterocycles. The molecule has 0 bridgehead atoms. The third-order valence-electron chi connectivity index (χ3n) is 3.89. The van der Waals surface area contributed by atoms with Crippen LogP contribution in [0.2, 0.25) is 0 Å². The molecule has 25 heavy (non-hydrogen) atoms. The highest BCUT2D eigenvalue weighted by Gasteiger charge is 2.16. The molecular weight excluding hydrogens is 336 g/mol. The number of fused-ring (bicyclic) bond motifs is 3. The normalized spacial score (nSPS) is 11.1. The lowest BCUT2D eigenvalue weighted by atomic mass is 10.1. The van der Waals surface area contributed by atoms with Crippen molar-refractivity contribution in [2.75, 3.05) is 5.32 Å². The Morgan fingerprint density at radius 1 is 1.12 bits per heavy atom. The molecule has 0 saturated heterocycles. The Morgan fingerprint density at radius 3 is 2.76 bits per heavy atom. The van der Waals surface area contributed by atoms with Crippen LogP contribution >= 0.6 is 11.3 Å². The molecule has 6 heteroatoms. The number of benzene rings is 1. The number of hydrogen-bond donors (Lipinski definition) is 1. The molecule has 5 nitrogen and oxygen atoms in total. The number of anilines is 1. The van der Waals surface area contributed by atoms with Crippen molar-refractivity contribution in [2.24, 2.45) is 0 Å². The zero-order chi connectivity index (χ0) is 17.6. The molecule has 3 heterocycles. The lowest BCUT2D eigenvalue weighted by Crippen LogP contribution is -2.11. The van der Waals surface area contributed by atoms with Crippen LogP contribution in [0.25, 0.3) is 21.1 Å². The minimum absolute atomic E-state index is 0.292. The molecule has 0 aliphatic carbocycles. The van der Waals surface area contributed by atoms with Gasteiger partial charge in [0.25, 0.3) is 5.91 Å². The van der Waals surface area contributed by atoms with E-state index in [2.05, 4.69) is 10.3 Å². The molecule has 0 saturated carbocycles. The lowest BCUT2D eigenvalue weighted by Gasteiger charge is -2.02. The Balaban J connectivity index is 1.82. The first-order chi connectivity index (χ1) is 12.0. The minimum Gasteiger partial charge on any atom is -0.422 e. The molecule has 1 N–H and O–H groups in total. The number of nitrogens with zero attached hydrogens (tertiary/aromatic N) is 1. The van der Waals surface area contributed by atoms with Gasteiger partial charge in [0, 0.05) is 11.1 Å². The number of carbonyl (C=O) groups is 1. The summed E-state index contributed by atoms with van der Waals surface area (Å²) >= 11 is 1.28. The summed E-state index contributed by atoms with van der Waals surface area (Å²) in [5.41, 5.74) is 1.97. The highest BCUT2D eigenvalue weighted by atomic mass is 32.1. The van der Waals surface area contributed by atoms with Gasteiger partial charge in [-0.2, -0.15) is 0 Å². The zero-order valence-electron chi connectivity index (χ0n) is 13.6. The summed E-state index contributed by atoms with van der Waals surface area (Å²) in [6, 6.07) is 12.6. The molecule has 1 aromatic carbocycles. The van der Waals surface area contributed by atoms with Gasteiger partial charge in [0.2, 0.25) is 0 Å². The van der Waals surface area contributed by atoms with E-state index >= 15 is 0 Å². The standard InChI is InChI=1S/C19H14N2O3S/c1-10-6-7-14-12(8-10)17-13(19(23)24-14)9-15(25-17)18(22)21-16-5-3-4-11(2)20-16/h3-9H,1-2H3,(H,20,21,22). The van der Waals surface area contributed by atoms with Crippen molar-refractivity contribution >= 4 is 44.1 Å². The number of carbonyl (C=O) groups excluding carboxylic acids is 1. The second-order valence-corrected chi connectivity index (χ2v) is 6.91. The maximum Gasteiger partial charge on any atom is 0.345 e. The van der Waals surface area contributed by atoms with Crippen LogP contribution in [0.1, 0.15) is 20.9 Å². The second-order valence-electron chi connectivity index (χ2n) is 5.86. The van der Waals surface area contributed by atoms with Gasteiger partial charge < -0.3 is 9.73 Å². The third kappa shape index (κ3) is 2.81. The first-order valence-corrected chi connectivity index (χ1v) is 8.55. The molecule has 0 aliphatic heterocycles. The summed E-state index contributed by atoms with van der Waals surface area (Å²) in [7, 11) is 0. The Morgan fingerprint density at radius 2 is 1.96 bits per heavy atom. The van der Waals surface area contributed by atoms with Gasteiger partial charge in [0.15, 0.2) is 0 Å². The van der Waals surface area contributed by atoms with Crippen LogP contribution < -0.4 is 10.9 Å². The summed E-state index contributed by atoms with van der Waals surface area (Å²) in [4.78, 5) is 29.5. The molecule has 0 radical (unpaired) electrons. The van der Waals surface area contributed by atoms with Gasteiger partial charge >= 0.3 is 5.63 Å². The molecule has 0 fully saturated rings. The van der Waals surface area contributed by atoms with Crippen LogP contribution in [-0.2, 0) is 0 Å². The van der Waals surface area contributed by atoms with Gasteiger partial charge in [0.05, 0.1) is 15.0 Å². The Bertz CT molecular complexity index is 1190. The van der Waals surface area contributed by atoms with E-state index in [0.29, 0.717) is 21.7 Å². The molecular formula is C19H14N2O3S.